The van der Waals surface area contributed by atoms with Gasteiger partial charge in [-0.1, -0.05) is 12.1 Å². The molecule has 116 valence electrons. The molecule has 1 aliphatic heterocycles. The van der Waals surface area contributed by atoms with Crippen LogP contribution in [0.25, 0.3) is 0 Å². The predicted octanol–water partition coefficient (Wildman–Crippen LogP) is 2.34. The molecule has 1 aliphatic rings. The molecule has 0 spiro atoms. The monoisotopic (exact) mass is 290 g/mol. The zero-order valence-electron chi connectivity index (χ0n) is 13.5. The van der Waals surface area contributed by atoms with Gasteiger partial charge in [0.25, 0.3) is 0 Å². The van der Waals surface area contributed by atoms with Crippen molar-refractivity contribution in [3.8, 4) is 5.75 Å². The van der Waals surface area contributed by atoms with Crippen molar-refractivity contribution in [3.63, 3.8) is 0 Å². The largest absolute Gasteiger partial charge is 0.491 e. The first-order chi connectivity index (χ1) is 9.91. The van der Waals surface area contributed by atoms with Gasteiger partial charge in [0.1, 0.15) is 5.75 Å². The number of carbonyl (C=O) groups excluding carboxylic acids is 1. The first kappa shape index (κ1) is 16.0. The van der Waals surface area contributed by atoms with Crippen LogP contribution in [0, 0.1) is 0 Å². The summed E-state index contributed by atoms with van der Waals surface area (Å²) in [6.45, 7) is 11.7. The zero-order valence-corrected chi connectivity index (χ0v) is 13.5. The summed E-state index contributed by atoms with van der Waals surface area (Å²) in [5.41, 5.74) is 0.232. The number of ether oxygens (including phenoxy) is 1. The van der Waals surface area contributed by atoms with Gasteiger partial charge in [-0.15, -0.1) is 0 Å². The number of ketones is 1. The fraction of sp³-hybridized carbons (Fsp3) is 0.588. The topological polar surface area (TPSA) is 41.6 Å². The molecule has 1 heterocycles. The van der Waals surface area contributed by atoms with Crippen LogP contribution in [0.5, 0.6) is 5.75 Å². The highest BCUT2D eigenvalue weighted by Gasteiger charge is 2.35. The fourth-order valence-corrected chi connectivity index (χ4v) is 2.70. The Labute approximate surface area is 127 Å². The van der Waals surface area contributed by atoms with E-state index in [1.54, 1.807) is 0 Å². The van der Waals surface area contributed by atoms with Crippen LogP contribution < -0.4 is 10.1 Å². The van der Waals surface area contributed by atoms with Crippen LogP contribution in [0.4, 0.5) is 0 Å². The number of rotatable bonds is 5. The zero-order chi connectivity index (χ0) is 15.5. The summed E-state index contributed by atoms with van der Waals surface area (Å²) in [6, 6.07) is 7.51. The summed E-state index contributed by atoms with van der Waals surface area (Å²) in [7, 11) is 0. The Morgan fingerprint density at radius 2 is 1.95 bits per heavy atom. The maximum atomic E-state index is 12.9. The maximum Gasteiger partial charge on any atom is 0.182 e. The van der Waals surface area contributed by atoms with Gasteiger partial charge in [0, 0.05) is 31.7 Å². The number of carbonyl (C=O) groups is 1. The van der Waals surface area contributed by atoms with E-state index in [0.29, 0.717) is 0 Å². The minimum Gasteiger partial charge on any atom is -0.491 e. The highest BCUT2D eigenvalue weighted by atomic mass is 16.5. The van der Waals surface area contributed by atoms with Crippen LogP contribution in [0.3, 0.4) is 0 Å². The normalized spacial score (nSPS) is 17.0. The number of nitrogens with one attached hydrogen (secondary N) is 1. The molecule has 0 atom stereocenters. The molecule has 21 heavy (non-hydrogen) atoms. The van der Waals surface area contributed by atoms with E-state index in [1.165, 1.54) is 0 Å². The molecule has 0 amide bonds. The number of benzene rings is 1. The van der Waals surface area contributed by atoms with Gasteiger partial charge in [-0.2, -0.15) is 0 Å². The van der Waals surface area contributed by atoms with E-state index in [9.17, 15) is 4.79 Å². The quantitative estimate of drug-likeness (QED) is 0.845. The summed E-state index contributed by atoms with van der Waals surface area (Å²) < 4.78 is 5.69. The second-order valence-electron chi connectivity index (χ2n) is 6.32. The second-order valence-corrected chi connectivity index (χ2v) is 6.32. The first-order valence-electron chi connectivity index (χ1n) is 7.68. The van der Waals surface area contributed by atoms with E-state index < -0.39 is 5.54 Å². The number of piperazine rings is 1. The molecule has 0 unspecified atom stereocenters. The lowest BCUT2D eigenvalue weighted by Gasteiger charge is -2.40. The third kappa shape index (κ3) is 3.83. The number of hydrogen-bond acceptors (Lipinski definition) is 4. The minimum atomic E-state index is -0.488. The van der Waals surface area contributed by atoms with Crippen molar-refractivity contribution in [1.82, 2.24) is 10.2 Å². The summed E-state index contributed by atoms with van der Waals surface area (Å²) in [4.78, 5) is 15.1. The van der Waals surface area contributed by atoms with Gasteiger partial charge in [0.2, 0.25) is 0 Å². The lowest BCUT2D eigenvalue weighted by molar-refractivity contribution is 0.0602. The molecular formula is C17H26N2O2. The molecule has 1 aromatic carbocycles. The Kier molecular flexibility index (Phi) is 5.01. The molecule has 4 heteroatoms. The van der Waals surface area contributed by atoms with Crippen molar-refractivity contribution in [2.75, 3.05) is 26.2 Å². The first-order valence-corrected chi connectivity index (χ1v) is 7.68. The summed E-state index contributed by atoms with van der Waals surface area (Å²) in [5.74, 6) is 0.908. The molecule has 0 bridgehead atoms. The second kappa shape index (κ2) is 6.58. The van der Waals surface area contributed by atoms with Crippen molar-refractivity contribution >= 4 is 5.78 Å². The Bertz CT molecular complexity index is 491. The molecule has 1 fully saturated rings. The average molecular weight is 290 g/mol. The molecule has 0 aromatic heterocycles. The predicted molar refractivity (Wildman–Crippen MR) is 85.1 cm³/mol. The van der Waals surface area contributed by atoms with Crippen LogP contribution in [0.1, 0.15) is 38.1 Å². The molecule has 2 rings (SSSR count). The summed E-state index contributed by atoms with van der Waals surface area (Å²) in [6.07, 6.45) is 0.108. The fourth-order valence-electron chi connectivity index (χ4n) is 2.70. The van der Waals surface area contributed by atoms with Crippen LogP contribution in [-0.2, 0) is 0 Å². The Hall–Kier alpha value is -1.39. The number of hydrogen-bond donors (Lipinski definition) is 1. The lowest BCUT2D eigenvalue weighted by Crippen LogP contribution is -2.57. The van der Waals surface area contributed by atoms with Crippen molar-refractivity contribution in [3.05, 3.63) is 29.8 Å². The van der Waals surface area contributed by atoms with E-state index in [2.05, 4.69) is 10.2 Å². The Morgan fingerprint density at radius 3 is 2.57 bits per heavy atom. The molecule has 1 N–H and O–H groups in total. The van der Waals surface area contributed by atoms with E-state index in [1.807, 2.05) is 52.0 Å². The number of nitrogens with zero attached hydrogens (tertiary/aromatic N) is 1. The highest BCUT2D eigenvalue weighted by Crippen LogP contribution is 2.24. The SMILES string of the molecule is CC(C)Oc1cccc(C(=O)C(C)(C)N2CCNCC2)c1. The smallest absolute Gasteiger partial charge is 0.182 e. The van der Waals surface area contributed by atoms with E-state index in [4.69, 9.17) is 4.74 Å². The maximum absolute atomic E-state index is 12.9. The standard InChI is InChI=1S/C17H26N2O2/c1-13(2)21-15-7-5-6-14(12-15)16(20)17(3,4)19-10-8-18-9-11-19/h5-7,12-13,18H,8-11H2,1-4H3. The van der Waals surface area contributed by atoms with Crippen molar-refractivity contribution in [1.29, 1.82) is 0 Å². The van der Waals surface area contributed by atoms with E-state index in [-0.39, 0.29) is 11.9 Å². The van der Waals surface area contributed by atoms with Crippen molar-refractivity contribution in [2.45, 2.75) is 39.3 Å². The van der Waals surface area contributed by atoms with Crippen molar-refractivity contribution < 1.29 is 9.53 Å². The molecule has 0 radical (unpaired) electrons. The summed E-state index contributed by atoms with van der Waals surface area (Å²) in [5, 5.41) is 3.32. The molecule has 0 saturated carbocycles. The molecule has 1 aromatic rings. The molecule has 0 aliphatic carbocycles. The van der Waals surface area contributed by atoms with Gasteiger partial charge in [-0.3, -0.25) is 9.69 Å². The number of Topliss-reactive ketones (excluding diaryl/α,β-unsaturated/α-hetero) is 1. The Morgan fingerprint density at radius 1 is 1.29 bits per heavy atom. The van der Waals surface area contributed by atoms with Crippen LogP contribution in [0.2, 0.25) is 0 Å². The summed E-state index contributed by atoms with van der Waals surface area (Å²) >= 11 is 0. The van der Waals surface area contributed by atoms with Gasteiger partial charge in [0.05, 0.1) is 11.6 Å². The van der Waals surface area contributed by atoms with Gasteiger partial charge >= 0.3 is 0 Å². The van der Waals surface area contributed by atoms with Gasteiger partial charge in [-0.25, -0.2) is 0 Å². The van der Waals surface area contributed by atoms with Gasteiger partial charge in [0.15, 0.2) is 5.78 Å². The van der Waals surface area contributed by atoms with E-state index in [0.717, 1.165) is 37.5 Å². The van der Waals surface area contributed by atoms with Crippen molar-refractivity contribution in [2.24, 2.45) is 0 Å². The molecule has 1 saturated heterocycles. The minimum absolute atomic E-state index is 0.108. The molecule has 4 nitrogen and oxygen atoms in total. The third-order valence-corrected chi connectivity index (χ3v) is 3.93. The van der Waals surface area contributed by atoms with Gasteiger partial charge in [-0.05, 0) is 39.8 Å². The van der Waals surface area contributed by atoms with Gasteiger partial charge < -0.3 is 10.1 Å². The van der Waals surface area contributed by atoms with Crippen LogP contribution >= 0.6 is 0 Å². The Balaban J connectivity index is 2.17. The lowest BCUT2D eigenvalue weighted by atomic mass is 9.90. The molecular weight excluding hydrogens is 264 g/mol. The van der Waals surface area contributed by atoms with Crippen LogP contribution in [0.15, 0.2) is 24.3 Å². The third-order valence-electron chi connectivity index (χ3n) is 3.93. The van der Waals surface area contributed by atoms with Crippen LogP contribution in [-0.4, -0.2) is 48.5 Å². The highest BCUT2D eigenvalue weighted by molar-refractivity contribution is 6.03. The average Bonchev–Trinajstić information content (AvgIpc) is 2.47. The van der Waals surface area contributed by atoms with E-state index >= 15 is 0 Å².